The molecule has 0 spiro atoms. The normalized spacial score (nSPS) is 12.5. The number of alkyl halides is 6. The summed E-state index contributed by atoms with van der Waals surface area (Å²) in [5.41, 5.74) is 0. The van der Waals surface area contributed by atoms with Crippen LogP contribution in [0, 0.1) is 0 Å². The minimum atomic E-state index is -1.85. The minimum Gasteiger partial charge on any atom is -0.209 e. The second kappa shape index (κ2) is 6.83. The van der Waals surface area contributed by atoms with Crippen molar-refractivity contribution in [1.82, 2.24) is 15.0 Å². The number of nitrogens with zero attached hydrogens (tertiary/aromatic N) is 3. The molecule has 0 saturated heterocycles. The molecule has 2 aromatic rings. The number of hydrogen-bond donors (Lipinski definition) is 0. The van der Waals surface area contributed by atoms with Gasteiger partial charge in [0.25, 0.3) is 0 Å². The lowest BCUT2D eigenvalue weighted by Gasteiger charge is -2.15. The molecule has 1 aromatic heterocycles. The highest BCUT2D eigenvalue weighted by Gasteiger charge is 2.33. The fourth-order valence-electron chi connectivity index (χ4n) is 1.25. The Morgan fingerprint density at radius 2 is 1.19 bits per heavy atom. The molecule has 0 saturated carbocycles. The zero-order valence-electron chi connectivity index (χ0n) is 9.90. The molecule has 10 heteroatoms. The van der Waals surface area contributed by atoms with Crippen molar-refractivity contribution < 1.29 is 0 Å². The van der Waals surface area contributed by atoms with Crippen LogP contribution in [0.3, 0.4) is 0 Å². The van der Waals surface area contributed by atoms with E-state index in [4.69, 9.17) is 69.6 Å². The van der Waals surface area contributed by atoms with Crippen LogP contribution in [0.5, 0.6) is 0 Å². The molecule has 112 valence electrons. The van der Waals surface area contributed by atoms with Crippen LogP contribution in [0.2, 0.25) is 0 Å². The monoisotopic (exact) mass is 421 g/mol. The number of halogens is 6. The first-order valence-electron chi connectivity index (χ1n) is 5.29. The lowest BCUT2D eigenvalue weighted by atomic mass is 10.4. The van der Waals surface area contributed by atoms with Gasteiger partial charge in [0.1, 0.15) is 0 Å². The van der Waals surface area contributed by atoms with Crippen molar-refractivity contribution in [3.63, 3.8) is 0 Å². The molecular weight excluding hydrogens is 419 g/mol. The van der Waals surface area contributed by atoms with Crippen LogP contribution in [0.15, 0.2) is 40.4 Å². The van der Waals surface area contributed by atoms with Gasteiger partial charge in [-0.2, -0.15) is 0 Å². The maximum Gasteiger partial charge on any atom is 0.250 e. The highest BCUT2D eigenvalue weighted by molar-refractivity contribution is 7.99. The molecule has 0 aliphatic rings. The second-order valence-electron chi connectivity index (χ2n) is 3.68. The van der Waals surface area contributed by atoms with Crippen molar-refractivity contribution >= 4 is 81.4 Å². The van der Waals surface area contributed by atoms with Gasteiger partial charge < -0.3 is 0 Å². The number of hydrogen-bond acceptors (Lipinski definition) is 4. The lowest BCUT2D eigenvalue weighted by Crippen LogP contribution is -2.16. The molecule has 0 aliphatic heterocycles. The predicted octanol–water partition coefficient (Wildman–Crippen LogP) is 5.68. The average molecular weight is 424 g/mol. The highest BCUT2D eigenvalue weighted by Crippen LogP contribution is 2.41. The van der Waals surface area contributed by atoms with Crippen molar-refractivity contribution in [3.8, 4) is 0 Å². The summed E-state index contributed by atoms with van der Waals surface area (Å²) in [5, 5.41) is 0.263. The van der Waals surface area contributed by atoms with Crippen LogP contribution in [0.1, 0.15) is 11.6 Å². The van der Waals surface area contributed by atoms with Gasteiger partial charge >= 0.3 is 0 Å². The molecule has 0 bridgehead atoms. The summed E-state index contributed by atoms with van der Waals surface area (Å²) >= 11 is 36.0. The summed E-state index contributed by atoms with van der Waals surface area (Å²) < 4.78 is -3.70. The van der Waals surface area contributed by atoms with Gasteiger partial charge in [0, 0.05) is 4.90 Å². The zero-order chi connectivity index (χ0) is 15.7. The Morgan fingerprint density at radius 3 is 1.62 bits per heavy atom. The molecule has 0 N–H and O–H groups in total. The van der Waals surface area contributed by atoms with Gasteiger partial charge in [-0.1, -0.05) is 87.8 Å². The van der Waals surface area contributed by atoms with E-state index in [0.29, 0.717) is 0 Å². The molecule has 0 unspecified atom stereocenters. The Kier molecular flexibility index (Phi) is 5.75. The molecule has 0 fully saturated rings. The predicted molar refractivity (Wildman–Crippen MR) is 88.9 cm³/mol. The summed E-state index contributed by atoms with van der Waals surface area (Å²) in [4.78, 5) is 12.9. The van der Waals surface area contributed by atoms with Gasteiger partial charge in [-0.05, 0) is 23.9 Å². The molecule has 21 heavy (non-hydrogen) atoms. The first-order chi connectivity index (χ1) is 9.66. The smallest absolute Gasteiger partial charge is 0.209 e. The van der Waals surface area contributed by atoms with Gasteiger partial charge in [0.15, 0.2) is 16.8 Å². The standard InChI is InChI=1S/C11H5Cl6N3S/c12-10(13,14)7-18-8(11(15,16)17)20-9(19-7)21-6-4-2-1-3-5-6/h1-5H. The maximum absolute atomic E-state index is 5.80. The summed E-state index contributed by atoms with van der Waals surface area (Å²) in [7, 11) is 0. The Hall–Kier alpha value is 0.320. The highest BCUT2D eigenvalue weighted by atomic mass is 35.6. The zero-order valence-corrected chi connectivity index (χ0v) is 15.3. The van der Waals surface area contributed by atoms with Crippen molar-refractivity contribution in [3.05, 3.63) is 42.0 Å². The summed E-state index contributed by atoms with van der Waals surface area (Å²) in [6.45, 7) is 0. The molecule has 1 aromatic carbocycles. The largest absolute Gasteiger partial charge is 0.250 e. The number of aromatic nitrogens is 3. The minimum absolute atomic E-state index is 0.109. The molecule has 3 nitrogen and oxygen atoms in total. The van der Waals surface area contributed by atoms with E-state index in [-0.39, 0.29) is 16.8 Å². The van der Waals surface area contributed by atoms with Crippen LogP contribution in [-0.2, 0) is 7.59 Å². The lowest BCUT2D eigenvalue weighted by molar-refractivity contribution is 0.768. The van der Waals surface area contributed by atoms with Crippen molar-refractivity contribution in [2.24, 2.45) is 0 Å². The van der Waals surface area contributed by atoms with E-state index in [1.807, 2.05) is 30.3 Å². The third-order valence-corrected chi connectivity index (χ3v) is 3.96. The van der Waals surface area contributed by atoms with Crippen LogP contribution in [0.25, 0.3) is 0 Å². The third-order valence-electron chi connectivity index (χ3n) is 2.07. The van der Waals surface area contributed by atoms with E-state index >= 15 is 0 Å². The Labute approximate surface area is 155 Å². The topological polar surface area (TPSA) is 38.7 Å². The van der Waals surface area contributed by atoms with Crippen LogP contribution >= 0.6 is 81.4 Å². The molecule has 0 aliphatic carbocycles. The van der Waals surface area contributed by atoms with Crippen molar-refractivity contribution in [1.29, 1.82) is 0 Å². The van der Waals surface area contributed by atoms with Gasteiger partial charge in [0.2, 0.25) is 7.59 Å². The van der Waals surface area contributed by atoms with Crippen LogP contribution in [-0.4, -0.2) is 15.0 Å². The van der Waals surface area contributed by atoms with Crippen molar-refractivity contribution in [2.45, 2.75) is 17.6 Å². The maximum atomic E-state index is 5.80. The van der Waals surface area contributed by atoms with E-state index in [2.05, 4.69) is 15.0 Å². The van der Waals surface area contributed by atoms with E-state index in [1.165, 1.54) is 11.8 Å². The first-order valence-corrected chi connectivity index (χ1v) is 8.38. The van der Waals surface area contributed by atoms with Crippen LogP contribution in [0.4, 0.5) is 0 Å². The molecular formula is C11H5Cl6N3S. The SMILES string of the molecule is ClC(Cl)(Cl)c1nc(Sc2ccccc2)nc(C(Cl)(Cl)Cl)n1. The van der Waals surface area contributed by atoms with E-state index in [0.717, 1.165) is 4.90 Å². The van der Waals surface area contributed by atoms with Gasteiger partial charge in [0.05, 0.1) is 0 Å². The summed E-state index contributed by atoms with van der Waals surface area (Å²) in [6, 6.07) is 9.37. The van der Waals surface area contributed by atoms with Crippen LogP contribution < -0.4 is 0 Å². The fourth-order valence-corrected chi connectivity index (χ4v) is 2.52. The number of rotatable bonds is 2. The fraction of sp³-hybridized carbons (Fsp3) is 0.182. The molecule has 1 heterocycles. The average Bonchev–Trinajstić information content (AvgIpc) is 2.37. The molecule has 2 rings (SSSR count). The Morgan fingerprint density at radius 1 is 0.714 bits per heavy atom. The van der Waals surface area contributed by atoms with E-state index in [1.54, 1.807) is 0 Å². The Bertz CT molecular complexity index is 594. The third kappa shape index (κ3) is 5.17. The van der Waals surface area contributed by atoms with Gasteiger partial charge in [-0.15, -0.1) is 0 Å². The quantitative estimate of drug-likeness (QED) is 0.583. The summed E-state index contributed by atoms with van der Waals surface area (Å²) in [6.07, 6.45) is 0. The number of benzene rings is 1. The van der Waals surface area contributed by atoms with Gasteiger partial charge in [-0.25, -0.2) is 15.0 Å². The van der Waals surface area contributed by atoms with E-state index < -0.39 is 7.59 Å². The van der Waals surface area contributed by atoms with Crippen molar-refractivity contribution in [2.75, 3.05) is 0 Å². The molecule has 0 radical (unpaired) electrons. The molecule has 0 amide bonds. The second-order valence-corrected chi connectivity index (χ2v) is 9.28. The summed E-state index contributed by atoms with van der Waals surface area (Å²) in [5.74, 6) is -0.218. The van der Waals surface area contributed by atoms with Gasteiger partial charge in [-0.3, -0.25) is 0 Å². The Balaban J connectivity index is 2.45. The van der Waals surface area contributed by atoms with E-state index in [9.17, 15) is 0 Å². The molecule has 0 atom stereocenters. The first kappa shape index (κ1) is 17.7.